The fourth-order valence-electron chi connectivity index (χ4n) is 3.07. The minimum Gasteiger partial charge on any atom is -0.491 e. The second kappa shape index (κ2) is 8.04. The number of hydrogen-bond acceptors (Lipinski definition) is 3. The van der Waals surface area contributed by atoms with Gasteiger partial charge in [-0.25, -0.2) is 4.79 Å². The summed E-state index contributed by atoms with van der Waals surface area (Å²) in [7, 11) is 0. The summed E-state index contributed by atoms with van der Waals surface area (Å²) in [5.41, 5.74) is 3.54. The smallest absolute Gasteiger partial charge is 0.324 e. The maximum absolute atomic E-state index is 11.9. The van der Waals surface area contributed by atoms with Gasteiger partial charge in [-0.1, -0.05) is 55.0 Å². The number of hydrogen-bond donors (Lipinski definition) is 1. The highest BCUT2D eigenvalue weighted by molar-refractivity contribution is 5.97. The van der Waals surface area contributed by atoms with Crippen LogP contribution in [0.25, 0.3) is 0 Å². The molecular weight excluding hydrogens is 328 g/mol. The van der Waals surface area contributed by atoms with E-state index in [2.05, 4.69) is 30.4 Å². The molecule has 5 nitrogen and oxygen atoms in total. The first-order valence-electron chi connectivity index (χ1n) is 8.89. The van der Waals surface area contributed by atoms with Crippen molar-refractivity contribution in [2.45, 2.75) is 20.3 Å². The van der Waals surface area contributed by atoms with Crippen LogP contribution >= 0.6 is 0 Å². The lowest BCUT2D eigenvalue weighted by Crippen LogP contribution is -2.54. The number of benzene rings is 2. The van der Waals surface area contributed by atoms with E-state index in [4.69, 9.17) is 4.74 Å². The molecule has 1 saturated heterocycles. The number of ether oxygens (including phenoxy) is 1. The molecule has 1 heterocycles. The SMILES string of the molecule is Cc1ccc(OCCN2CC(C)C(=O)NC2=O)c(Cc2ccccc2)c1. The number of amides is 3. The Morgan fingerprint density at radius 3 is 2.69 bits per heavy atom. The van der Waals surface area contributed by atoms with Gasteiger partial charge in [0.2, 0.25) is 5.91 Å². The maximum Gasteiger partial charge on any atom is 0.324 e. The molecule has 3 amide bonds. The molecule has 5 heteroatoms. The number of aryl methyl sites for hydroxylation is 1. The highest BCUT2D eigenvalue weighted by Gasteiger charge is 2.28. The molecule has 1 fully saturated rings. The average Bonchev–Trinajstić information content (AvgIpc) is 2.62. The summed E-state index contributed by atoms with van der Waals surface area (Å²) < 4.78 is 5.97. The third kappa shape index (κ3) is 4.42. The van der Waals surface area contributed by atoms with Gasteiger partial charge in [0, 0.05) is 13.0 Å². The van der Waals surface area contributed by atoms with Crippen LogP contribution in [0.1, 0.15) is 23.6 Å². The van der Waals surface area contributed by atoms with E-state index in [0.29, 0.717) is 19.7 Å². The van der Waals surface area contributed by atoms with Gasteiger partial charge in [-0.2, -0.15) is 0 Å². The van der Waals surface area contributed by atoms with Crippen LogP contribution in [0.5, 0.6) is 5.75 Å². The first-order valence-corrected chi connectivity index (χ1v) is 8.89. The van der Waals surface area contributed by atoms with Crippen LogP contribution in [-0.4, -0.2) is 36.5 Å². The molecule has 1 N–H and O–H groups in total. The zero-order valence-electron chi connectivity index (χ0n) is 15.2. The highest BCUT2D eigenvalue weighted by atomic mass is 16.5. The van der Waals surface area contributed by atoms with Crippen molar-refractivity contribution in [3.05, 3.63) is 65.2 Å². The zero-order valence-corrected chi connectivity index (χ0v) is 15.2. The summed E-state index contributed by atoms with van der Waals surface area (Å²) in [6.45, 7) is 5.14. The number of urea groups is 1. The standard InChI is InChI=1S/C21H24N2O3/c1-15-8-9-19(18(12-15)13-17-6-4-3-5-7-17)26-11-10-23-14-16(2)20(24)22-21(23)25/h3-9,12,16H,10-11,13-14H2,1-2H3,(H,22,24,25). The van der Waals surface area contributed by atoms with Crippen molar-refractivity contribution in [2.24, 2.45) is 5.92 Å². The maximum atomic E-state index is 11.9. The molecule has 2 aromatic carbocycles. The van der Waals surface area contributed by atoms with E-state index in [0.717, 1.165) is 17.7 Å². The summed E-state index contributed by atoms with van der Waals surface area (Å²) in [4.78, 5) is 25.0. The van der Waals surface area contributed by atoms with E-state index in [1.165, 1.54) is 11.1 Å². The Hall–Kier alpha value is -2.82. The molecule has 0 aliphatic carbocycles. The molecule has 136 valence electrons. The predicted octanol–water partition coefficient (Wildman–Crippen LogP) is 3.15. The fourth-order valence-corrected chi connectivity index (χ4v) is 3.07. The predicted molar refractivity (Wildman–Crippen MR) is 100 cm³/mol. The first-order chi connectivity index (χ1) is 12.5. The van der Waals surface area contributed by atoms with Gasteiger partial charge in [-0.3, -0.25) is 10.1 Å². The highest BCUT2D eigenvalue weighted by Crippen LogP contribution is 2.23. The largest absolute Gasteiger partial charge is 0.491 e. The van der Waals surface area contributed by atoms with Gasteiger partial charge in [-0.15, -0.1) is 0 Å². The molecule has 0 bridgehead atoms. The Morgan fingerprint density at radius 1 is 1.15 bits per heavy atom. The van der Waals surface area contributed by atoms with E-state index in [1.54, 1.807) is 4.90 Å². The summed E-state index contributed by atoms with van der Waals surface area (Å²) in [6, 6.07) is 16.1. The Bertz CT molecular complexity index is 789. The lowest BCUT2D eigenvalue weighted by atomic mass is 10.0. The molecule has 26 heavy (non-hydrogen) atoms. The van der Waals surface area contributed by atoms with Crippen molar-refractivity contribution in [3.63, 3.8) is 0 Å². The lowest BCUT2D eigenvalue weighted by Gasteiger charge is -2.30. The van der Waals surface area contributed by atoms with Gasteiger partial charge in [0.25, 0.3) is 0 Å². The Kier molecular flexibility index (Phi) is 5.56. The quantitative estimate of drug-likeness (QED) is 0.869. The molecule has 0 saturated carbocycles. The van der Waals surface area contributed by atoms with Gasteiger partial charge in [-0.05, 0) is 24.1 Å². The van der Waals surface area contributed by atoms with Crippen LogP contribution in [0.4, 0.5) is 4.79 Å². The summed E-state index contributed by atoms with van der Waals surface area (Å²) in [6.07, 6.45) is 0.799. The molecule has 2 aromatic rings. The van der Waals surface area contributed by atoms with Crippen LogP contribution in [0.15, 0.2) is 48.5 Å². The second-order valence-electron chi connectivity index (χ2n) is 6.76. The molecule has 0 spiro atoms. The number of carbonyl (C=O) groups is 2. The van der Waals surface area contributed by atoms with E-state index in [1.807, 2.05) is 37.3 Å². The van der Waals surface area contributed by atoms with Crippen molar-refractivity contribution < 1.29 is 14.3 Å². The number of nitrogens with one attached hydrogen (secondary N) is 1. The van der Waals surface area contributed by atoms with Crippen LogP contribution in [0, 0.1) is 12.8 Å². The summed E-state index contributed by atoms with van der Waals surface area (Å²) >= 11 is 0. The van der Waals surface area contributed by atoms with Crippen LogP contribution in [-0.2, 0) is 11.2 Å². The van der Waals surface area contributed by atoms with Crippen LogP contribution < -0.4 is 10.1 Å². The van der Waals surface area contributed by atoms with Crippen molar-refractivity contribution in [2.75, 3.05) is 19.7 Å². The van der Waals surface area contributed by atoms with Crippen molar-refractivity contribution >= 4 is 11.9 Å². The number of carbonyl (C=O) groups excluding carboxylic acids is 2. The van der Waals surface area contributed by atoms with E-state index < -0.39 is 0 Å². The topological polar surface area (TPSA) is 58.6 Å². The number of imide groups is 1. The lowest BCUT2D eigenvalue weighted by molar-refractivity contribution is -0.125. The second-order valence-corrected chi connectivity index (χ2v) is 6.76. The monoisotopic (exact) mass is 352 g/mol. The molecule has 0 aromatic heterocycles. The first kappa shape index (κ1) is 18.0. The van der Waals surface area contributed by atoms with E-state index in [-0.39, 0.29) is 17.9 Å². The molecule has 1 aliphatic heterocycles. The third-order valence-electron chi connectivity index (χ3n) is 4.53. The van der Waals surface area contributed by atoms with Gasteiger partial charge in [0.15, 0.2) is 0 Å². The minimum absolute atomic E-state index is 0.194. The van der Waals surface area contributed by atoms with Gasteiger partial charge >= 0.3 is 6.03 Å². The summed E-state index contributed by atoms with van der Waals surface area (Å²) in [5.74, 6) is 0.428. The zero-order chi connectivity index (χ0) is 18.5. The molecular formula is C21H24N2O3. The van der Waals surface area contributed by atoms with E-state index in [9.17, 15) is 9.59 Å². The minimum atomic E-state index is -0.342. The summed E-state index contributed by atoms with van der Waals surface area (Å²) in [5, 5.41) is 2.37. The molecule has 3 rings (SSSR count). The van der Waals surface area contributed by atoms with E-state index >= 15 is 0 Å². The average molecular weight is 352 g/mol. The Morgan fingerprint density at radius 2 is 1.92 bits per heavy atom. The van der Waals surface area contributed by atoms with Crippen LogP contribution in [0.3, 0.4) is 0 Å². The van der Waals surface area contributed by atoms with Crippen molar-refractivity contribution in [3.8, 4) is 5.75 Å². The van der Waals surface area contributed by atoms with Gasteiger partial charge < -0.3 is 9.64 Å². The molecule has 1 atom stereocenters. The van der Waals surface area contributed by atoms with Crippen molar-refractivity contribution in [1.82, 2.24) is 10.2 Å². The molecule has 1 unspecified atom stereocenters. The van der Waals surface area contributed by atoms with Gasteiger partial charge in [0.05, 0.1) is 12.5 Å². The van der Waals surface area contributed by atoms with Crippen LogP contribution in [0.2, 0.25) is 0 Å². The fraction of sp³-hybridized carbons (Fsp3) is 0.333. The Balaban J connectivity index is 1.63. The normalized spacial score (nSPS) is 17.2. The van der Waals surface area contributed by atoms with Crippen molar-refractivity contribution in [1.29, 1.82) is 0 Å². The van der Waals surface area contributed by atoms with Gasteiger partial charge in [0.1, 0.15) is 12.4 Å². The number of rotatable bonds is 6. The third-order valence-corrected chi connectivity index (χ3v) is 4.53. The molecule has 0 radical (unpaired) electrons. The Labute approximate surface area is 154 Å². The number of nitrogens with zero attached hydrogens (tertiary/aromatic N) is 1. The molecule has 1 aliphatic rings.